The van der Waals surface area contributed by atoms with Crippen molar-refractivity contribution in [1.82, 2.24) is 9.88 Å². The number of fused-ring (bicyclic) bond motifs is 4. The van der Waals surface area contributed by atoms with Crippen LogP contribution in [0.2, 0.25) is 5.02 Å². The molecule has 180 valence electrons. The number of aliphatic hydroxyl groups is 1. The average Bonchev–Trinajstić information content (AvgIpc) is 3.23. The number of methoxy groups -OCH3 is 1. The number of aromatic nitrogens is 1. The van der Waals surface area contributed by atoms with Gasteiger partial charge in [0.2, 0.25) is 0 Å². The zero-order valence-corrected chi connectivity index (χ0v) is 20.8. The first kappa shape index (κ1) is 22.7. The fourth-order valence-electron chi connectivity index (χ4n) is 6.48. The molecule has 4 nitrogen and oxygen atoms in total. The number of benzene rings is 3. The standard InChI is InChI=1S/C30H31ClN2O2/c1-35-23-10-5-9-22(17-23)29-14-16-33(15-13-21-7-3-2-4-8-21)20-30(29,34)18-24-27(19-29)32-26-12-6-11-25(31)28(24)26/h2-12,17,32,34H,13-16,18-20H2,1H3/t29-,30-/m0/s1. The molecular weight excluding hydrogens is 456 g/mol. The number of aromatic amines is 1. The Bertz CT molecular complexity index is 1370. The lowest BCUT2D eigenvalue weighted by molar-refractivity contribution is -0.102. The predicted molar refractivity (Wildman–Crippen MR) is 142 cm³/mol. The maximum atomic E-state index is 12.6. The highest BCUT2D eigenvalue weighted by Gasteiger charge is 2.57. The van der Waals surface area contributed by atoms with Crippen molar-refractivity contribution in [2.45, 2.75) is 36.7 Å². The number of likely N-dealkylation sites (tertiary alicyclic amines) is 1. The van der Waals surface area contributed by atoms with Gasteiger partial charge in [0.25, 0.3) is 0 Å². The lowest BCUT2D eigenvalue weighted by Gasteiger charge is -2.56. The number of rotatable bonds is 5. The molecule has 35 heavy (non-hydrogen) atoms. The van der Waals surface area contributed by atoms with Crippen LogP contribution in [0.15, 0.2) is 72.8 Å². The van der Waals surface area contributed by atoms with Crippen molar-refractivity contribution in [3.8, 4) is 5.75 Å². The van der Waals surface area contributed by atoms with Crippen molar-refractivity contribution in [2.24, 2.45) is 0 Å². The Labute approximate surface area is 211 Å². The largest absolute Gasteiger partial charge is 0.497 e. The smallest absolute Gasteiger partial charge is 0.119 e. The zero-order valence-electron chi connectivity index (χ0n) is 20.1. The molecule has 2 N–H and O–H groups in total. The molecule has 2 atom stereocenters. The Morgan fingerprint density at radius 3 is 2.69 bits per heavy atom. The van der Waals surface area contributed by atoms with E-state index in [0.717, 1.165) is 65.2 Å². The van der Waals surface area contributed by atoms with E-state index in [9.17, 15) is 5.11 Å². The topological polar surface area (TPSA) is 48.5 Å². The quantitative estimate of drug-likeness (QED) is 0.389. The summed E-state index contributed by atoms with van der Waals surface area (Å²) in [7, 11) is 1.70. The van der Waals surface area contributed by atoms with Gasteiger partial charge in [-0.1, -0.05) is 60.1 Å². The van der Waals surface area contributed by atoms with Crippen LogP contribution in [-0.4, -0.2) is 47.3 Å². The second-order valence-corrected chi connectivity index (χ2v) is 10.6. The van der Waals surface area contributed by atoms with Gasteiger partial charge in [0, 0.05) is 47.9 Å². The number of nitrogens with zero attached hydrogens (tertiary/aromatic N) is 1. The first-order chi connectivity index (χ1) is 17.0. The number of piperidine rings is 1. The molecule has 0 spiro atoms. The number of halogens is 1. The summed E-state index contributed by atoms with van der Waals surface area (Å²) in [5.74, 6) is 0.830. The van der Waals surface area contributed by atoms with Crippen LogP contribution in [0, 0.1) is 0 Å². The summed E-state index contributed by atoms with van der Waals surface area (Å²) in [6.45, 7) is 2.51. The summed E-state index contributed by atoms with van der Waals surface area (Å²) in [5, 5.41) is 14.4. The highest BCUT2D eigenvalue weighted by atomic mass is 35.5. The van der Waals surface area contributed by atoms with Gasteiger partial charge in [0.1, 0.15) is 5.75 Å². The molecule has 0 amide bonds. The summed E-state index contributed by atoms with van der Waals surface area (Å²) in [6, 6.07) is 24.9. The number of hydrogen-bond donors (Lipinski definition) is 2. The highest BCUT2D eigenvalue weighted by molar-refractivity contribution is 6.35. The van der Waals surface area contributed by atoms with Gasteiger partial charge >= 0.3 is 0 Å². The second-order valence-electron chi connectivity index (χ2n) is 10.2. The summed E-state index contributed by atoms with van der Waals surface area (Å²) in [4.78, 5) is 6.09. The van der Waals surface area contributed by atoms with Crippen LogP contribution >= 0.6 is 11.6 Å². The van der Waals surface area contributed by atoms with E-state index >= 15 is 0 Å². The summed E-state index contributed by atoms with van der Waals surface area (Å²) >= 11 is 6.66. The fourth-order valence-corrected chi connectivity index (χ4v) is 6.77. The van der Waals surface area contributed by atoms with Crippen LogP contribution in [0.5, 0.6) is 5.75 Å². The van der Waals surface area contributed by atoms with Crippen LogP contribution in [-0.2, 0) is 24.7 Å². The molecule has 4 aromatic rings. The molecule has 1 aliphatic carbocycles. The lowest BCUT2D eigenvalue weighted by atomic mass is 9.56. The van der Waals surface area contributed by atoms with Gasteiger partial charge < -0.3 is 19.7 Å². The lowest BCUT2D eigenvalue weighted by Crippen LogP contribution is -2.66. The van der Waals surface area contributed by atoms with E-state index in [1.807, 2.05) is 24.3 Å². The van der Waals surface area contributed by atoms with Gasteiger partial charge in [-0.05, 0) is 60.3 Å². The molecule has 1 aromatic heterocycles. The second kappa shape index (κ2) is 8.70. The van der Waals surface area contributed by atoms with E-state index in [2.05, 4.69) is 58.4 Å². The first-order valence-corrected chi connectivity index (χ1v) is 12.8. The van der Waals surface area contributed by atoms with E-state index in [0.29, 0.717) is 13.0 Å². The maximum absolute atomic E-state index is 12.6. The minimum Gasteiger partial charge on any atom is -0.497 e. The molecule has 3 aromatic carbocycles. The molecule has 0 saturated carbocycles. The molecule has 1 fully saturated rings. The zero-order chi connectivity index (χ0) is 24.0. The minimum absolute atomic E-state index is 0.398. The Morgan fingerprint density at radius 1 is 1.03 bits per heavy atom. The Hall–Kier alpha value is -2.79. The average molecular weight is 487 g/mol. The minimum atomic E-state index is -0.921. The predicted octanol–water partition coefficient (Wildman–Crippen LogP) is 5.55. The molecular formula is C30H31ClN2O2. The number of hydrogen-bond acceptors (Lipinski definition) is 3. The molecule has 1 aliphatic heterocycles. The van der Waals surface area contributed by atoms with Crippen molar-refractivity contribution in [3.63, 3.8) is 0 Å². The SMILES string of the molecule is COc1cccc([C@@]23CCN(CCc4ccccc4)C[C@@]2(O)Cc2c([nH]c4cccc(Cl)c24)C3)c1. The van der Waals surface area contributed by atoms with Crippen LogP contribution < -0.4 is 4.74 Å². The van der Waals surface area contributed by atoms with Gasteiger partial charge in [0.15, 0.2) is 0 Å². The van der Waals surface area contributed by atoms with Crippen molar-refractivity contribution in [3.05, 3.63) is 100 Å². The number of β-amino-alcohol motifs (C(OH)–C–C–N with tert-alkyl or cyclic N) is 1. The number of H-pyrrole nitrogens is 1. The van der Waals surface area contributed by atoms with Crippen LogP contribution in [0.3, 0.4) is 0 Å². The molecule has 0 bridgehead atoms. The van der Waals surface area contributed by atoms with Crippen molar-refractivity contribution < 1.29 is 9.84 Å². The Morgan fingerprint density at radius 2 is 1.86 bits per heavy atom. The van der Waals surface area contributed by atoms with Crippen molar-refractivity contribution in [1.29, 1.82) is 0 Å². The molecule has 6 rings (SSSR count). The first-order valence-electron chi connectivity index (χ1n) is 12.4. The van der Waals surface area contributed by atoms with Crippen LogP contribution in [0.25, 0.3) is 10.9 Å². The summed E-state index contributed by atoms with van der Waals surface area (Å²) < 4.78 is 5.58. The molecule has 2 heterocycles. The number of ether oxygens (including phenoxy) is 1. The van der Waals surface area contributed by atoms with Gasteiger partial charge in [0.05, 0.1) is 17.7 Å². The Kier molecular flexibility index (Phi) is 5.63. The normalized spacial score (nSPS) is 24.2. The molecule has 0 radical (unpaired) electrons. The third-order valence-corrected chi connectivity index (χ3v) is 8.64. The Balaban J connectivity index is 1.41. The third-order valence-electron chi connectivity index (χ3n) is 8.33. The molecule has 0 unspecified atom stereocenters. The van der Waals surface area contributed by atoms with Crippen molar-refractivity contribution >= 4 is 22.5 Å². The van der Waals surface area contributed by atoms with Gasteiger partial charge in [-0.2, -0.15) is 0 Å². The molecule has 2 aliphatic rings. The monoisotopic (exact) mass is 486 g/mol. The van der Waals surface area contributed by atoms with E-state index in [-0.39, 0.29) is 0 Å². The highest BCUT2D eigenvalue weighted by Crippen LogP contribution is 2.52. The van der Waals surface area contributed by atoms with E-state index in [1.54, 1.807) is 7.11 Å². The van der Waals surface area contributed by atoms with E-state index in [1.165, 1.54) is 11.3 Å². The van der Waals surface area contributed by atoms with Crippen molar-refractivity contribution in [2.75, 3.05) is 26.7 Å². The van der Waals surface area contributed by atoms with Gasteiger partial charge in [-0.3, -0.25) is 0 Å². The van der Waals surface area contributed by atoms with Crippen LogP contribution in [0.4, 0.5) is 0 Å². The fraction of sp³-hybridized carbons (Fsp3) is 0.333. The maximum Gasteiger partial charge on any atom is 0.119 e. The van der Waals surface area contributed by atoms with Gasteiger partial charge in [-0.15, -0.1) is 0 Å². The summed E-state index contributed by atoms with van der Waals surface area (Å²) in [6.07, 6.45) is 3.19. The van der Waals surface area contributed by atoms with E-state index in [4.69, 9.17) is 16.3 Å². The van der Waals surface area contributed by atoms with Crippen LogP contribution in [0.1, 0.15) is 28.8 Å². The molecule has 1 saturated heterocycles. The van der Waals surface area contributed by atoms with Gasteiger partial charge in [-0.25, -0.2) is 0 Å². The third kappa shape index (κ3) is 3.76. The number of nitrogens with one attached hydrogen (secondary N) is 1. The molecule has 5 heteroatoms. The summed E-state index contributed by atoms with van der Waals surface area (Å²) in [5.41, 5.74) is 4.57. The van der Waals surface area contributed by atoms with E-state index < -0.39 is 11.0 Å².